The lowest BCUT2D eigenvalue weighted by Gasteiger charge is -2.15. The fourth-order valence-corrected chi connectivity index (χ4v) is 3.47. The highest BCUT2D eigenvalue weighted by Crippen LogP contribution is 2.31. The van der Waals surface area contributed by atoms with Gasteiger partial charge in [0.2, 0.25) is 5.96 Å². The van der Waals surface area contributed by atoms with E-state index in [1.165, 1.54) is 4.90 Å². The lowest BCUT2D eigenvalue weighted by Crippen LogP contribution is -2.36. The van der Waals surface area contributed by atoms with Gasteiger partial charge in [-0.05, 0) is 48.0 Å². The molecule has 1 aromatic heterocycles. The quantitative estimate of drug-likeness (QED) is 0.580. The van der Waals surface area contributed by atoms with E-state index in [-0.39, 0.29) is 24.1 Å². The van der Waals surface area contributed by atoms with Gasteiger partial charge in [-0.3, -0.25) is 9.69 Å². The standard InChI is InChI=1S/C23H20ClN3O4/c1-29-16-5-3-4-14(10-16)13-27-22(28)19(26-23(27)25)12-17-7-9-20(31-17)15-6-8-21(30-2)18(24)11-15/h3-12H,13H2,1-2H3,(H2,25,26). The predicted molar refractivity (Wildman–Crippen MR) is 119 cm³/mol. The fraction of sp³-hybridized carbons (Fsp3) is 0.130. The number of nitrogens with zero attached hydrogens (tertiary/aromatic N) is 2. The summed E-state index contributed by atoms with van der Waals surface area (Å²) in [5.74, 6) is 2.20. The first-order valence-corrected chi connectivity index (χ1v) is 9.80. The number of amides is 1. The van der Waals surface area contributed by atoms with Crippen molar-refractivity contribution in [3.8, 4) is 22.8 Å². The summed E-state index contributed by atoms with van der Waals surface area (Å²) in [7, 11) is 3.15. The monoisotopic (exact) mass is 437 g/mol. The van der Waals surface area contributed by atoms with Crippen LogP contribution in [-0.2, 0) is 11.3 Å². The number of benzene rings is 2. The van der Waals surface area contributed by atoms with Crippen molar-refractivity contribution in [1.29, 1.82) is 0 Å². The Bertz CT molecular complexity index is 1200. The van der Waals surface area contributed by atoms with E-state index in [9.17, 15) is 4.79 Å². The van der Waals surface area contributed by atoms with Crippen LogP contribution in [0.4, 0.5) is 0 Å². The van der Waals surface area contributed by atoms with E-state index in [0.29, 0.717) is 28.0 Å². The summed E-state index contributed by atoms with van der Waals surface area (Å²) in [5, 5.41) is 0.479. The van der Waals surface area contributed by atoms with Crippen molar-refractivity contribution in [2.75, 3.05) is 14.2 Å². The molecule has 2 aromatic carbocycles. The van der Waals surface area contributed by atoms with Crippen LogP contribution in [0.2, 0.25) is 5.02 Å². The summed E-state index contributed by atoms with van der Waals surface area (Å²) in [6, 6.07) is 16.3. The van der Waals surface area contributed by atoms with E-state index in [1.54, 1.807) is 44.6 Å². The van der Waals surface area contributed by atoms with Crippen LogP contribution in [-0.4, -0.2) is 31.0 Å². The van der Waals surface area contributed by atoms with Crippen molar-refractivity contribution in [2.24, 2.45) is 10.7 Å². The smallest absolute Gasteiger partial charge is 0.279 e. The third-order valence-electron chi connectivity index (χ3n) is 4.79. The summed E-state index contributed by atoms with van der Waals surface area (Å²) >= 11 is 6.19. The summed E-state index contributed by atoms with van der Waals surface area (Å²) < 4.78 is 16.3. The molecule has 0 saturated carbocycles. The Morgan fingerprint density at radius 3 is 2.71 bits per heavy atom. The zero-order chi connectivity index (χ0) is 22.0. The number of carbonyl (C=O) groups excluding carboxylic acids is 1. The van der Waals surface area contributed by atoms with Gasteiger partial charge in [0.25, 0.3) is 5.91 Å². The van der Waals surface area contributed by atoms with Gasteiger partial charge in [0.15, 0.2) is 0 Å². The van der Waals surface area contributed by atoms with Crippen molar-refractivity contribution in [3.63, 3.8) is 0 Å². The number of carbonyl (C=O) groups is 1. The normalized spacial score (nSPS) is 14.8. The second-order valence-electron chi connectivity index (χ2n) is 6.79. The molecule has 31 heavy (non-hydrogen) atoms. The van der Waals surface area contributed by atoms with Crippen LogP contribution in [0.25, 0.3) is 17.4 Å². The van der Waals surface area contributed by atoms with Crippen molar-refractivity contribution >= 4 is 29.5 Å². The second-order valence-corrected chi connectivity index (χ2v) is 7.20. The Morgan fingerprint density at radius 2 is 1.97 bits per heavy atom. The maximum Gasteiger partial charge on any atom is 0.279 e. The maximum absolute atomic E-state index is 12.8. The molecule has 0 saturated heterocycles. The average molecular weight is 438 g/mol. The number of halogens is 1. The summed E-state index contributed by atoms with van der Waals surface area (Å²) in [6.45, 7) is 0.288. The number of rotatable bonds is 6. The van der Waals surface area contributed by atoms with Gasteiger partial charge in [-0.1, -0.05) is 23.7 Å². The zero-order valence-corrected chi connectivity index (χ0v) is 17.7. The molecule has 0 bridgehead atoms. The number of methoxy groups -OCH3 is 2. The molecule has 0 radical (unpaired) electrons. The van der Waals surface area contributed by atoms with E-state index in [0.717, 1.165) is 11.1 Å². The number of nitrogens with two attached hydrogens (primary N) is 1. The van der Waals surface area contributed by atoms with Crippen LogP contribution in [0.1, 0.15) is 11.3 Å². The largest absolute Gasteiger partial charge is 0.497 e. The number of guanidine groups is 1. The van der Waals surface area contributed by atoms with Crippen molar-refractivity contribution in [2.45, 2.75) is 6.54 Å². The first kappa shape index (κ1) is 20.6. The molecule has 4 rings (SSSR count). The highest BCUT2D eigenvalue weighted by Gasteiger charge is 2.29. The third kappa shape index (κ3) is 4.27. The summed E-state index contributed by atoms with van der Waals surface area (Å²) in [6.07, 6.45) is 1.56. The Labute approximate surface area is 184 Å². The number of hydrogen-bond acceptors (Lipinski definition) is 6. The lowest BCUT2D eigenvalue weighted by molar-refractivity contribution is -0.123. The van der Waals surface area contributed by atoms with Gasteiger partial charge < -0.3 is 19.6 Å². The predicted octanol–water partition coefficient (Wildman–Crippen LogP) is 4.32. The minimum Gasteiger partial charge on any atom is -0.497 e. The van der Waals surface area contributed by atoms with E-state index in [4.69, 9.17) is 31.2 Å². The third-order valence-corrected chi connectivity index (χ3v) is 5.09. The van der Waals surface area contributed by atoms with Crippen LogP contribution in [0.3, 0.4) is 0 Å². The van der Waals surface area contributed by atoms with Gasteiger partial charge in [0.1, 0.15) is 28.7 Å². The van der Waals surface area contributed by atoms with E-state index in [1.807, 2.05) is 30.3 Å². The molecule has 2 N–H and O–H groups in total. The Morgan fingerprint density at radius 1 is 1.13 bits per heavy atom. The van der Waals surface area contributed by atoms with Crippen molar-refractivity contribution in [3.05, 3.63) is 76.6 Å². The van der Waals surface area contributed by atoms with Crippen LogP contribution < -0.4 is 15.2 Å². The number of furan rings is 1. The molecule has 1 amide bonds. The number of aliphatic imine (C=N–C) groups is 1. The molecule has 1 aliphatic rings. The van der Waals surface area contributed by atoms with Gasteiger partial charge in [-0.2, -0.15) is 0 Å². The number of hydrogen-bond donors (Lipinski definition) is 1. The van der Waals surface area contributed by atoms with Gasteiger partial charge in [0, 0.05) is 11.6 Å². The Kier molecular flexibility index (Phi) is 5.68. The molecule has 0 unspecified atom stereocenters. The Hall–Kier alpha value is -3.71. The van der Waals surface area contributed by atoms with E-state index >= 15 is 0 Å². The highest BCUT2D eigenvalue weighted by molar-refractivity contribution is 6.32. The molecule has 1 aliphatic heterocycles. The molecular weight excluding hydrogens is 418 g/mol. The van der Waals surface area contributed by atoms with Gasteiger partial charge in [0.05, 0.1) is 25.8 Å². The van der Waals surface area contributed by atoms with E-state index in [2.05, 4.69) is 4.99 Å². The SMILES string of the molecule is COc1cccc(CN2C(=O)C(=Cc3ccc(-c4ccc(OC)c(Cl)c4)o3)N=C2N)c1. The van der Waals surface area contributed by atoms with Crippen LogP contribution >= 0.6 is 11.6 Å². The molecule has 0 spiro atoms. The number of ether oxygens (including phenoxy) is 2. The zero-order valence-electron chi connectivity index (χ0n) is 17.0. The minimum absolute atomic E-state index is 0.132. The molecule has 8 heteroatoms. The summed E-state index contributed by atoms with van der Waals surface area (Å²) in [5.41, 5.74) is 7.87. The molecule has 158 valence electrons. The van der Waals surface area contributed by atoms with Gasteiger partial charge >= 0.3 is 0 Å². The molecule has 7 nitrogen and oxygen atoms in total. The molecule has 3 aromatic rings. The molecule has 0 atom stereocenters. The molecule has 2 heterocycles. The Balaban J connectivity index is 1.53. The van der Waals surface area contributed by atoms with Crippen LogP contribution in [0.5, 0.6) is 11.5 Å². The van der Waals surface area contributed by atoms with Gasteiger partial charge in [-0.25, -0.2) is 4.99 Å². The molecule has 0 aliphatic carbocycles. The molecular formula is C23H20ClN3O4. The minimum atomic E-state index is -0.300. The molecule has 0 fully saturated rings. The first-order valence-electron chi connectivity index (χ1n) is 9.43. The van der Waals surface area contributed by atoms with Crippen LogP contribution in [0.15, 0.2) is 69.7 Å². The summed E-state index contributed by atoms with van der Waals surface area (Å²) in [4.78, 5) is 18.4. The van der Waals surface area contributed by atoms with Crippen LogP contribution in [0, 0.1) is 0 Å². The first-order chi connectivity index (χ1) is 15.0. The highest BCUT2D eigenvalue weighted by atomic mass is 35.5. The fourth-order valence-electron chi connectivity index (χ4n) is 3.21. The van der Waals surface area contributed by atoms with Crippen molar-refractivity contribution < 1.29 is 18.7 Å². The average Bonchev–Trinajstić information content (AvgIpc) is 3.34. The topological polar surface area (TPSA) is 90.3 Å². The van der Waals surface area contributed by atoms with Gasteiger partial charge in [-0.15, -0.1) is 0 Å². The van der Waals surface area contributed by atoms with E-state index < -0.39 is 0 Å². The van der Waals surface area contributed by atoms with Crippen molar-refractivity contribution in [1.82, 2.24) is 4.90 Å². The lowest BCUT2D eigenvalue weighted by atomic mass is 10.1. The second kappa shape index (κ2) is 8.57. The maximum atomic E-state index is 12.8.